The lowest BCUT2D eigenvalue weighted by Crippen LogP contribution is -2.34. The van der Waals surface area contributed by atoms with Crippen molar-refractivity contribution in [2.75, 3.05) is 59.9 Å². The van der Waals surface area contributed by atoms with Crippen molar-refractivity contribution in [2.24, 2.45) is 0 Å². The van der Waals surface area contributed by atoms with E-state index in [9.17, 15) is 53.8 Å². The Bertz CT molecular complexity index is 1950. The molecule has 4 aromatic rings. The second kappa shape index (κ2) is 21.7. The zero-order valence-corrected chi connectivity index (χ0v) is 32.0. The largest absolute Gasteiger partial charge is 0.487 e. The van der Waals surface area contributed by atoms with Crippen molar-refractivity contribution in [1.29, 1.82) is 0 Å². The molecule has 0 atom stereocenters. The van der Waals surface area contributed by atoms with Crippen LogP contribution in [-0.2, 0) is 28.5 Å². The highest BCUT2D eigenvalue weighted by molar-refractivity contribution is 6.36. The van der Waals surface area contributed by atoms with Crippen LogP contribution in [0.2, 0.25) is 10.0 Å². The molecular weight excluding hydrogens is 869 g/mol. The first kappa shape index (κ1) is 48.4. The summed E-state index contributed by atoms with van der Waals surface area (Å²) in [5.41, 5.74) is -1.71. The Balaban J connectivity index is 0.000000335. The van der Waals surface area contributed by atoms with Gasteiger partial charge in [0.15, 0.2) is 11.5 Å². The number of nitrogens with zero attached hydrogens (tertiary/aromatic N) is 5. The zero-order chi connectivity index (χ0) is 43.2. The number of methoxy groups -OCH3 is 2. The Kier molecular flexibility index (Phi) is 18.5. The second-order valence-electron chi connectivity index (χ2n) is 10.4. The molecule has 0 saturated carbocycles. The number of rotatable bonds is 13. The Labute approximate surface area is 330 Å². The number of nitrogens with one attached hydrogen (secondary N) is 1. The molecule has 14 nitrogen and oxygen atoms in total. The number of ether oxygens (including phenoxy) is 4. The van der Waals surface area contributed by atoms with Crippen LogP contribution in [0.1, 0.15) is 25.5 Å². The van der Waals surface area contributed by atoms with Crippen LogP contribution in [0.3, 0.4) is 0 Å². The summed E-state index contributed by atoms with van der Waals surface area (Å²) >= 11 is 17.1. The van der Waals surface area contributed by atoms with Gasteiger partial charge in [0.05, 0.1) is 30.3 Å². The SMILES string of the molecule is CCN(CCl)C(=O)OC.CCN(Cn1c(C(F)(F)F)nc2c(Cl)cc(OCCF)c(OF)c21)C(=O)OC.FCCOc1cc(Cl)c2nc(C(F)(F)F)[nH]c2c1OF. The number of carbonyl (C=O) groups is 2. The van der Waals surface area contributed by atoms with Crippen LogP contribution in [0.25, 0.3) is 22.1 Å². The predicted molar refractivity (Wildman–Crippen MR) is 183 cm³/mol. The van der Waals surface area contributed by atoms with Crippen molar-refractivity contribution in [1.82, 2.24) is 29.3 Å². The van der Waals surface area contributed by atoms with Crippen LogP contribution in [0.5, 0.6) is 23.0 Å². The van der Waals surface area contributed by atoms with Gasteiger partial charge in [-0.05, 0) is 13.8 Å². The van der Waals surface area contributed by atoms with Crippen molar-refractivity contribution in [3.63, 3.8) is 0 Å². The second-order valence-corrected chi connectivity index (χ2v) is 11.4. The molecule has 0 fully saturated rings. The summed E-state index contributed by atoms with van der Waals surface area (Å²) in [5, 5.41) is -0.531. The summed E-state index contributed by atoms with van der Waals surface area (Å²) in [6, 6.07) is 2.14. The van der Waals surface area contributed by atoms with Gasteiger partial charge in [0.1, 0.15) is 55.3 Å². The van der Waals surface area contributed by atoms with E-state index in [1.54, 1.807) is 0 Å². The highest BCUT2D eigenvalue weighted by Crippen LogP contribution is 2.44. The highest BCUT2D eigenvalue weighted by atomic mass is 35.5. The summed E-state index contributed by atoms with van der Waals surface area (Å²) in [6.45, 7) is 0.418. The summed E-state index contributed by atoms with van der Waals surface area (Å²) in [4.78, 5) is 40.4. The lowest BCUT2D eigenvalue weighted by molar-refractivity contribution is -0.147. The Morgan fingerprint density at radius 1 is 0.789 bits per heavy atom. The molecule has 0 unspecified atom stereocenters. The minimum Gasteiger partial charge on any atom is -0.487 e. The summed E-state index contributed by atoms with van der Waals surface area (Å²) in [5.74, 6) is -5.03. The van der Waals surface area contributed by atoms with E-state index in [1.807, 2.05) is 11.9 Å². The number of benzene rings is 2. The average molecular weight is 900 g/mol. The van der Waals surface area contributed by atoms with Gasteiger partial charge >= 0.3 is 24.5 Å². The zero-order valence-electron chi connectivity index (χ0n) is 29.7. The fourth-order valence-electron chi connectivity index (χ4n) is 4.43. The van der Waals surface area contributed by atoms with Crippen LogP contribution < -0.4 is 19.4 Å². The fourth-order valence-corrected chi connectivity index (χ4v) is 5.16. The number of imidazole rings is 2. The molecule has 0 aliphatic carbocycles. The topological polar surface area (TPSA) is 142 Å². The normalized spacial score (nSPS) is 11.2. The van der Waals surface area contributed by atoms with Gasteiger partial charge < -0.3 is 23.9 Å². The number of carbonyl (C=O) groups excluding carboxylic acids is 2. The van der Waals surface area contributed by atoms with Gasteiger partial charge in [-0.15, -0.1) is 11.6 Å². The molecule has 0 aliphatic heterocycles. The van der Waals surface area contributed by atoms with Crippen molar-refractivity contribution in [3.8, 4) is 23.0 Å². The molecule has 57 heavy (non-hydrogen) atoms. The van der Waals surface area contributed by atoms with E-state index in [0.717, 1.165) is 24.1 Å². The fraction of sp³-hybridized carbons (Fsp3) is 0.467. The molecule has 4 rings (SSSR count). The van der Waals surface area contributed by atoms with Crippen LogP contribution in [0.15, 0.2) is 12.1 Å². The molecule has 0 saturated heterocycles. The molecule has 27 heteroatoms. The maximum absolute atomic E-state index is 13.5. The first-order chi connectivity index (χ1) is 26.8. The standard InChI is InChI=1S/C15H15ClF5N3O4.C10H6ClF5N2O2.C5H10ClNO2/c1-3-23(14(25)26-2)7-24-11-10(22-13(24)15(18,19)20)8(16)6-9(12(11)28-21)27-5-4-17;11-4-3-5(19-2-1-12)8(20-16)7-6(4)17-9(18-7)10(13,14)15;1-3-7(4-6)5(8)9-2/h6H,3-5,7H2,1-2H3;3H,1-2H2,(H,17,18);3-4H2,1-2H3. The van der Waals surface area contributed by atoms with Crippen LogP contribution >= 0.6 is 34.8 Å². The lowest BCUT2D eigenvalue weighted by atomic mass is 10.2. The first-order valence-corrected chi connectivity index (χ1v) is 16.9. The molecule has 2 amide bonds. The Morgan fingerprint density at radius 2 is 1.28 bits per heavy atom. The van der Waals surface area contributed by atoms with Gasteiger partial charge in [0.2, 0.25) is 23.1 Å². The van der Waals surface area contributed by atoms with E-state index in [4.69, 9.17) is 44.3 Å². The van der Waals surface area contributed by atoms with Gasteiger partial charge in [-0.25, -0.2) is 28.3 Å². The monoisotopic (exact) mass is 898 g/mol. The van der Waals surface area contributed by atoms with Crippen molar-refractivity contribution >= 4 is 69.1 Å². The summed E-state index contributed by atoms with van der Waals surface area (Å²) in [7, 11) is 2.38. The third-order valence-corrected chi connectivity index (χ3v) is 7.83. The number of H-pyrrole nitrogens is 1. The molecule has 320 valence electrons. The third-order valence-electron chi connectivity index (χ3n) is 6.96. The van der Waals surface area contributed by atoms with Crippen LogP contribution in [-0.4, -0.2) is 101 Å². The maximum Gasteiger partial charge on any atom is 0.449 e. The number of alkyl halides is 9. The van der Waals surface area contributed by atoms with Gasteiger partial charge in [0, 0.05) is 34.3 Å². The number of amides is 2. The molecule has 0 radical (unpaired) electrons. The molecule has 2 aromatic carbocycles. The predicted octanol–water partition coefficient (Wildman–Crippen LogP) is 9.48. The molecule has 0 bridgehead atoms. The van der Waals surface area contributed by atoms with Crippen LogP contribution in [0.4, 0.5) is 53.8 Å². The van der Waals surface area contributed by atoms with Crippen molar-refractivity contribution < 1.29 is 82.6 Å². The van der Waals surface area contributed by atoms with Gasteiger partial charge in [0.25, 0.3) is 0 Å². The quantitative estimate of drug-likeness (QED) is 0.0784. The van der Waals surface area contributed by atoms with E-state index in [1.165, 1.54) is 18.9 Å². The van der Waals surface area contributed by atoms with Gasteiger partial charge in [-0.2, -0.15) is 26.3 Å². The number of aromatic amines is 1. The van der Waals surface area contributed by atoms with E-state index in [2.05, 4.69) is 29.3 Å². The number of hydrogen-bond acceptors (Lipinski definition) is 10. The van der Waals surface area contributed by atoms with Gasteiger partial charge in [-0.3, -0.25) is 24.2 Å². The third kappa shape index (κ3) is 12.1. The molecule has 2 heterocycles. The number of hydrogen-bond donors (Lipinski definition) is 1. The molecule has 0 spiro atoms. The Hall–Kier alpha value is -4.71. The number of aromatic nitrogens is 4. The minimum atomic E-state index is -4.97. The number of fused-ring (bicyclic) bond motifs is 2. The van der Waals surface area contributed by atoms with Crippen molar-refractivity contribution in [3.05, 3.63) is 33.8 Å². The highest BCUT2D eigenvalue weighted by Gasteiger charge is 2.40. The summed E-state index contributed by atoms with van der Waals surface area (Å²) in [6.07, 6.45) is -11.0. The van der Waals surface area contributed by atoms with E-state index in [-0.39, 0.29) is 40.0 Å². The average Bonchev–Trinajstić information content (AvgIpc) is 3.80. The van der Waals surface area contributed by atoms with E-state index in [0.29, 0.717) is 11.1 Å². The minimum absolute atomic E-state index is 0.0266. The van der Waals surface area contributed by atoms with Gasteiger partial charge in [-0.1, -0.05) is 23.2 Å². The molecular formula is C30H31Cl3F10N6O8. The smallest absolute Gasteiger partial charge is 0.449 e. The Morgan fingerprint density at radius 3 is 1.68 bits per heavy atom. The maximum atomic E-state index is 13.5. The molecule has 2 aromatic heterocycles. The first-order valence-electron chi connectivity index (χ1n) is 15.6. The number of halogens is 13. The molecule has 1 N–H and O–H groups in total. The molecule has 0 aliphatic rings. The van der Waals surface area contributed by atoms with Crippen molar-refractivity contribution in [2.45, 2.75) is 32.9 Å². The van der Waals surface area contributed by atoms with E-state index < -0.39 is 97.1 Å². The lowest BCUT2D eigenvalue weighted by Gasteiger charge is -2.22. The summed E-state index contributed by atoms with van der Waals surface area (Å²) < 4.78 is 148. The van der Waals surface area contributed by atoms with E-state index >= 15 is 0 Å². The van der Waals surface area contributed by atoms with Crippen LogP contribution in [0, 0.1) is 0 Å².